The molecule has 1 fully saturated rings. The number of fused-ring (bicyclic) bond motifs is 3. The van der Waals surface area contributed by atoms with Crippen molar-refractivity contribution >= 4 is 22.8 Å². The molecule has 1 atom stereocenters. The molecule has 3 aromatic rings. The van der Waals surface area contributed by atoms with E-state index in [0.29, 0.717) is 49.9 Å². The fourth-order valence-corrected chi connectivity index (χ4v) is 4.78. The molecule has 32 heavy (non-hydrogen) atoms. The minimum Gasteiger partial charge on any atom is -0.379 e. The minimum absolute atomic E-state index is 0.256. The predicted molar refractivity (Wildman–Crippen MR) is 124 cm³/mol. The van der Waals surface area contributed by atoms with Gasteiger partial charge in [0, 0.05) is 52.0 Å². The van der Waals surface area contributed by atoms with Crippen LogP contribution in [0.15, 0.2) is 33.9 Å². The van der Waals surface area contributed by atoms with E-state index < -0.39 is 0 Å². The summed E-state index contributed by atoms with van der Waals surface area (Å²) in [6.07, 6.45) is 0. The summed E-state index contributed by atoms with van der Waals surface area (Å²) in [6, 6.07) is 8.29. The number of hydrogen-bond donors (Lipinski definition) is 0. The average Bonchev–Trinajstić information content (AvgIpc) is 3.17. The highest BCUT2D eigenvalue weighted by Gasteiger charge is 2.30. The second kappa shape index (κ2) is 8.22. The molecule has 0 bridgehead atoms. The fourth-order valence-electron chi connectivity index (χ4n) is 4.78. The number of ether oxygens (including phenoxy) is 1. The van der Waals surface area contributed by atoms with Crippen LogP contribution >= 0.6 is 0 Å². The van der Waals surface area contributed by atoms with E-state index >= 15 is 0 Å². The molecule has 0 aliphatic carbocycles. The lowest BCUT2D eigenvalue weighted by atomic mass is 10.1. The third-order valence-corrected chi connectivity index (χ3v) is 6.50. The monoisotopic (exact) mass is 438 g/mol. The third kappa shape index (κ3) is 3.55. The Bertz CT molecular complexity index is 1270. The molecule has 0 saturated carbocycles. The van der Waals surface area contributed by atoms with Gasteiger partial charge in [-0.1, -0.05) is 19.1 Å². The summed E-state index contributed by atoms with van der Waals surface area (Å²) in [5.41, 5.74) is 2.60. The van der Waals surface area contributed by atoms with Gasteiger partial charge in [0.2, 0.25) is 5.95 Å². The van der Waals surface area contributed by atoms with Crippen molar-refractivity contribution < 1.29 is 4.74 Å². The molecule has 9 heteroatoms. The van der Waals surface area contributed by atoms with E-state index in [0.717, 1.165) is 31.3 Å². The number of nitrogens with zero attached hydrogens (tertiary/aromatic N) is 6. The molecule has 4 heterocycles. The normalized spacial score (nSPS) is 19.5. The second-order valence-electron chi connectivity index (χ2n) is 9.00. The maximum absolute atomic E-state index is 13.5. The topological polar surface area (TPSA) is 77.5 Å². The standard InChI is InChI=1S/C23H30N6O3/c1-16-5-4-6-18(13-16)28-14-17(2)15-29-19-20(24-22(28)29)25(3)23(31)27(21(19)30)8-7-26-9-11-32-12-10-26/h4-6,13,17H,7-12,14-15H2,1-3H3/t17-/m0/s1. The van der Waals surface area contributed by atoms with Gasteiger partial charge in [-0.05, 0) is 30.5 Å². The molecular weight excluding hydrogens is 408 g/mol. The summed E-state index contributed by atoms with van der Waals surface area (Å²) in [4.78, 5) is 35.8. The molecule has 0 amide bonds. The van der Waals surface area contributed by atoms with Gasteiger partial charge in [-0.25, -0.2) is 4.79 Å². The van der Waals surface area contributed by atoms with Crippen LogP contribution in [0.25, 0.3) is 11.2 Å². The molecule has 2 aliphatic rings. The number of benzene rings is 1. The highest BCUT2D eigenvalue weighted by Crippen LogP contribution is 2.33. The smallest absolute Gasteiger partial charge is 0.332 e. The first-order valence-electron chi connectivity index (χ1n) is 11.3. The maximum Gasteiger partial charge on any atom is 0.332 e. The number of morpholine rings is 1. The zero-order chi connectivity index (χ0) is 22.4. The Morgan fingerprint density at radius 3 is 2.66 bits per heavy atom. The number of aromatic nitrogens is 4. The summed E-state index contributed by atoms with van der Waals surface area (Å²) in [5.74, 6) is 1.06. The van der Waals surface area contributed by atoms with E-state index in [1.165, 1.54) is 14.7 Å². The largest absolute Gasteiger partial charge is 0.379 e. The van der Waals surface area contributed by atoms with Crippen molar-refractivity contribution in [2.45, 2.75) is 26.9 Å². The zero-order valence-corrected chi connectivity index (χ0v) is 19.0. The van der Waals surface area contributed by atoms with E-state index in [1.807, 2.05) is 10.6 Å². The SMILES string of the molecule is Cc1cccc(N2C[C@H](C)Cn3c2nc2c3c(=O)n(CCN3CCOCC3)c(=O)n2C)c1. The number of aryl methyl sites for hydroxylation is 2. The van der Waals surface area contributed by atoms with Gasteiger partial charge in [-0.3, -0.25) is 18.8 Å². The van der Waals surface area contributed by atoms with E-state index in [-0.39, 0.29) is 11.2 Å². The lowest BCUT2D eigenvalue weighted by Crippen LogP contribution is -2.44. The molecule has 170 valence electrons. The van der Waals surface area contributed by atoms with Crippen molar-refractivity contribution in [1.29, 1.82) is 0 Å². The van der Waals surface area contributed by atoms with Gasteiger partial charge >= 0.3 is 5.69 Å². The van der Waals surface area contributed by atoms with Crippen molar-refractivity contribution in [2.75, 3.05) is 44.3 Å². The minimum atomic E-state index is -0.318. The Labute approximate surface area is 186 Å². The molecule has 9 nitrogen and oxygen atoms in total. The number of imidazole rings is 1. The summed E-state index contributed by atoms with van der Waals surface area (Å²) in [5, 5.41) is 0. The van der Waals surface area contributed by atoms with Crippen LogP contribution in [0.4, 0.5) is 11.6 Å². The number of hydrogen-bond acceptors (Lipinski definition) is 6. The second-order valence-corrected chi connectivity index (χ2v) is 9.00. The average molecular weight is 439 g/mol. The van der Waals surface area contributed by atoms with Crippen LogP contribution in [0.2, 0.25) is 0 Å². The quantitative estimate of drug-likeness (QED) is 0.612. The molecule has 1 aromatic carbocycles. The Kier molecular flexibility index (Phi) is 5.38. The Hall–Kier alpha value is -2.91. The lowest BCUT2D eigenvalue weighted by molar-refractivity contribution is 0.0361. The Balaban J connectivity index is 1.61. The van der Waals surface area contributed by atoms with Crippen molar-refractivity contribution in [3.63, 3.8) is 0 Å². The van der Waals surface area contributed by atoms with Gasteiger partial charge < -0.3 is 14.2 Å². The van der Waals surface area contributed by atoms with E-state index in [1.54, 1.807) is 7.05 Å². The molecule has 5 rings (SSSR count). The van der Waals surface area contributed by atoms with Crippen molar-refractivity contribution in [2.24, 2.45) is 13.0 Å². The summed E-state index contributed by atoms with van der Waals surface area (Å²) < 4.78 is 10.3. The van der Waals surface area contributed by atoms with Gasteiger partial charge in [0.25, 0.3) is 5.56 Å². The van der Waals surface area contributed by atoms with E-state index in [2.05, 4.69) is 41.8 Å². The highest BCUT2D eigenvalue weighted by atomic mass is 16.5. The Morgan fingerprint density at radius 1 is 1.12 bits per heavy atom. The number of anilines is 2. The molecule has 0 spiro atoms. The van der Waals surface area contributed by atoms with Crippen molar-refractivity contribution in [1.82, 2.24) is 23.6 Å². The van der Waals surface area contributed by atoms with Crippen LogP contribution < -0.4 is 16.1 Å². The highest BCUT2D eigenvalue weighted by molar-refractivity contribution is 5.77. The van der Waals surface area contributed by atoms with Crippen LogP contribution in [-0.4, -0.2) is 63.0 Å². The van der Waals surface area contributed by atoms with Gasteiger partial charge in [0.15, 0.2) is 11.2 Å². The predicted octanol–water partition coefficient (Wildman–Crippen LogP) is 1.33. The van der Waals surface area contributed by atoms with Gasteiger partial charge in [0.05, 0.1) is 13.2 Å². The molecule has 2 aliphatic heterocycles. The molecule has 0 N–H and O–H groups in total. The van der Waals surface area contributed by atoms with Crippen LogP contribution in [-0.2, 0) is 24.9 Å². The van der Waals surface area contributed by atoms with Crippen molar-refractivity contribution in [3.8, 4) is 0 Å². The first-order chi connectivity index (χ1) is 15.4. The van der Waals surface area contributed by atoms with Crippen LogP contribution in [0, 0.1) is 12.8 Å². The summed E-state index contributed by atoms with van der Waals surface area (Å²) >= 11 is 0. The summed E-state index contributed by atoms with van der Waals surface area (Å²) in [7, 11) is 1.70. The molecular formula is C23H30N6O3. The van der Waals surface area contributed by atoms with Crippen LogP contribution in [0.5, 0.6) is 0 Å². The first kappa shape index (κ1) is 21.0. The molecule has 0 radical (unpaired) electrons. The van der Waals surface area contributed by atoms with Crippen molar-refractivity contribution in [3.05, 3.63) is 50.7 Å². The molecule has 0 unspecified atom stereocenters. The van der Waals surface area contributed by atoms with Crippen LogP contribution in [0.3, 0.4) is 0 Å². The van der Waals surface area contributed by atoms with E-state index in [9.17, 15) is 9.59 Å². The number of rotatable bonds is 4. The third-order valence-electron chi connectivity index (χ3n) is 6.50. The molecule has 1 saturated heterocycles. The lowest BCUT2D eigenvalue weighted by Gasteiger charge is -2.33. The van der Waals surface area contributed by atoms with Gasteiger partial charge in [-0.15, -0.1) is 0 Å². The first-order valence-corrected chi connectivity index (χ1v) is 11.3. The molecule has 2 aromatic heterocycles. The van der Waals surface area contributed by atoms with Gasteiger partial charge in [-0.2, -0.15) is 4.98 Å². The maximum atomic E-state index is 13.5. The fraction of sp³-hybridized carbons (Fsp3) is 0.522. The van der Waals surface area contributed by atoms with E-state index in [4.69, 9.17) is 9.72 Å². The Morgan fingerprint density at radius 2 is 1.91 bits per heavy atom. The zero-order valence-electron chi connectivity index (χ0n) is 19.0. The van der Waals surface area contributed by atoms with Crippen LogP contribution in [0.1, 0.15) is 12.5 Å². The summed E-state index contributed by atoms with van der Waals surface area (Å²) in [6.45, 7) is 9.79. The van der Waals surface area contributed by atoms with Gasteiger partial charge in [0.1, 0.15) is 0 Å².